The van der Waals surface area contributed by atoms with Crippen LogP contribution >= 0.6 is 0 Å². The molecule has 8 rings (SSSR count). The maximum Gasteiger partial charge on any atom is 0.315 e. The van der Waals surface area contributed by atoms with Crippen LogP contribution in [0, 0.1) is 17.8 Å². The average Bonchev–Trinajstić information content (AvgIpc) is 3.00. The summed E-state index contributed by atoms with van der Waals surface area (Å²) in [5, 5.41) is 16.0. The normalized spacial score (nSPS) is 34.3. The summed E-state index contributed by atoms with van der Waals surface area (Å²) < 4.78 is 13.1. The number of rotatable bonds is 8. The molecule has 226 valence electrons. The third kappa shape index (κ3) is 6.40. The fourth-order valence-electron chi connectivity index (χ4n) is 8.99. The number of piperidine rings is 1. The van der Waals surface area contributed by atoms with Crippen LogP contribution in [0.3, 0.4) is 0 Å². The Morgan fingerprint density at radius 3 is 2.07 bits per heavy atom. The third-order valence-corrected chi connectivity index (χ3v) is 10.6. The van der Waals surface area contributed by atoms with Gasteiger partial charge in [-0.05, 0) is 98.9 Å². The molecule has 3 N–H and O–H groups in total. The minimum Gasteiger partial charge on any atom is -0.392 e. The molecule has 7 nitrogen and oxygen atoms in total. The van der Waals surface area contributed by atoms with E-state index in [2.05, 4.69) is 51.9 Å². The number of hydrogen-bond donors (Lipinski definition) is 3. The zero-order valence-corrected chi connectivity index (χ0v) is 24.8. The van der Waals surface area contributed by atoms with E-state index in [1.54, 1.807) is 0 Å². The largest absolute Gasteiger partial charge is 0.392 e. The Morgan fingerprint density at radius 1 is 0.810 bits per heavy atom. The van der Waals surface area contributed by atoms with Crippen molar-refractivity contribution in [3.8, 4) is 0 Å². The minimum absolute atomic E-state index is 0.0258. The summed E-state index contributed by atoms with van der Waals surface area (Å²) in [6, 6.07) is 16.4. The predicted molar refractivity (Wildman–Crippen MR) is 161 cm³/mol. The molecule has 3 unspecified atom stereocenters. The summed E-state index contributed by atoms with van der Waals surface area (Å²) >= 11 is 0. The van der Waals surface area contributed by atoms with Crippen LogP contribution in [0.15, 0.2) is 48.5 Å². The number of aliphatic hydroxyl groups is 1. The first kappa shape index (κ1) is 28.3. The molecule has 6 aliphatic rings. The van der Waals surface area contributed by atoms with E-state index in [0.717, 1.165) is 85.3 Å². The van der Waals surface area contributed by atoms with Crippen LogP contribution < -0.4 is 10.6 Å². The van der Waals surface area contributed by atoms with Gasteiger partial charge in [0, 0.05) is 30.6 Å². The molecule has 4 aliphatic carbocycles. The molecular weight excluding hydrogens is 526 g/mol. The van der Waals surface area contributed by atoms with Gasteiger partial charge in [-0.15, -0.1) is 0 Å². The summed E-state index contributed by atoms with van der Waals surface area (Å²) in [5.74, 6) is 2.44. The quantitative estimate of drug-likeness (QED) is 0.362. The molecule has 4 saturated carbocycles. The molecular formula is C35H47N3O4. The molecule has 6 fully saturated rings. The zero-order chi connectivity index (χ0) is 28.5. The topological polar surface area (TPSA) is 83.1 Å². The number of hydrogen-bond acceptors (Lipinski definition) is 5. The molecule has 2 aliphatic heterocycles. The summed E-state index contributed by atoms with van der Waals surface area (Å²) in [5.41, 5.74) is 4.12. The maximum atomic E-state index is 12.9. The van der Waals surface area contributed by atoms with Gasteiger partial charge in [0.05, 0.1) is 18.8 Å². The smallest absolute Gasteiger partial charge is 0.315 e. The molecule has 7 heteroatoms. The number of nitrogens with zero attached hydrogens (tertiary/aromatic N) is 1. The molecule has 3 atom stereocenters. The molecule has 2 heterocycles. The van der Waals surface area contributed by atoms with Crippen LogP contribution in [0.2, 0.25) is 0 Å². The lowest BCUT2D eigenvalue weighted by atomic mass is 9.53. The summed E-state index contributed by atoms with van der Waals surface area (Å²) in [6.07, 6.45) is 11.8. The lowest BCUT2D eigenvalue weighted by Crippen LogP contribution is -2.61. The predicted octanol–water partition coefficient (Wildman–Crippen LogP) is 5.98. The van der Waals surface area contributed by atoms with E-state index in [-0.39, 0.29) is 30.4 Å². The number of carbonyl (C=O) groups excluding carboxylic acids is 1. The van der Waals surface area contributed by atoms with Gasteiger partial charge in [0.15, 0.2) is 6.29 Å². The Kier molecular flexibility index (Phi) is 8.28. The second kappa shape index (κ2) is 12.3. The molecule has 0 spiro atoms. The van der Waals surface area contributed by atoms with Crippen LogP contribution in [-0.4, -0.2) is 47.3 Å². The van der Waals surface area contributed by atoms with Gasteiger partial charge in [-0.25, -0.2) is 4.79 Å². The Bertz CT molecular complexity index is 1170. The number of ether oxygens (including phenoxy) is 2. The molecule has 2 aromatic rings. The summed E-state index contributed by atoms with van der Waals surface area (Å²) in [6.45, 7) is 3.74. The number of urea groups is 1. The van der Waals surface area contributed by atoms with Crippen molar-refractivity contribution in [3.05, 3.63) is 70.8 Å². The average molecular weight is 574 g/mol. The Balaban J connectivity index is 0.979. The van der Waals surface area contributed by atoms with E-state index in [1.807, 2.05) is 12.1 Å². The van der Waals surface area contributed by atoms with E-state index in [9.17, 15) is 9.90 Å². The van der Waals surface area contributed by atoms with Crippen molar-refractivity contribution in [1.29, 1.82) is 0 Å². The van der Waals surface area contributed by atoms with Gasteiger partial charge in [-0.1, -0.05) is 55.0 Å². The highest BCUT2D eigenvalue weighted by Gasteiger charge is 2.51. The standard InChI is InChI=1S/C35H47N3O4/c39-23-25-6-8-29(9-7-25)32-17-31(22-38-12-2-1-3-13-38)41-33(42-32)30-10-4-24(5-11-30)21-36-34(40)37-35-18-26-14-27(19-35)16-28(15-26)20-35/h4-11,26-28,31-33,39H,1-3,12-23H2,(H2,36,37,40). The van der Waals surface area contributed by atoms with Crippen LogP contribution in [0.5, 0.6) is 0 Å². The first-order valence-corrected chi connectivity index (χ1v) is 16.4. The van der Waals surface area contributed by atoms with Gasteiger partial charge in [0.25, 0.3) is 0 Å². The van der Waals surface area contributed by atoms with E-state index >= 15 is 0 Å². The van der Waals surface area contributed by atoms with Gasteiger partial charge < -0.3 is 30.1 Å². The number of nitrogens with one attached hydrogen (secondary N) is 2. The van der Waals surface area contributed by atoms with Crippen LogP contribution in [0.25, 0.3) is 0 Å². The van der Waals surface area contributed by atoms with E-state index in [0.29, 0.717) is 6.54 Å². The van der Waals surface area contributed by atoms with E-state index in [1.165, 1.54) is 38.5 Å². The number of likely N-dealkylation sites (tertiary alicyclic amines) is 1. The SMILES string of the molecule is O=C(NCc1ccc(C2OC(CN3CCCCC3)CC(c3ccc(CO)cc3)O2)cc1)NC12CC3CC(CC(C3)C1)C2. The summed E-state index contributed by atoms with van der Waals surface area (Å²) in [7, 11) is 0. The molecule has 42 heavy (non-hydrogen) atoms. The lowest BCUT2D eigenvalue weighted by molar-refractivity contribution is -0.253. The van der Waals surface area contributed by atoms with Crippen molar-refractivity contribution >= 4 is 6.03 Å². The molecule has 0 radical (unpaired) electrons. The van der Waals surface area contributed by atoms with Crippen LogP contribution in [0.1, 0.15) is 98.9 Å². The maximum absolute atomic E-state index is 12.9. The molecule has 2 saturated heterocycles. The van der Waals surface area contributed by atoms with Gasteiger partial charge in [-0.3, -0.25) is 0 Å². The second-order valence-corrected chi connectivity index (χ2v) is 14.0. The van der Waals surface area contributed by atoms with Crippen molar-refractivity contribution in [3.63, 3.8) is 0 Å². The van der Waals surface area contributed by atoms with Crippen molar-refractivity contribution in [2.45, 2.75) is 101 Å². The Morgan fingerprint density at radius 2 is 1.43 bits per heavy atom. The number of benzene rings is 2. The van der Waals surface area contributed by atoms with Crippen molar-refractivity contribution < 1.29 is 19.4 Å². The van der Waals surface area contributed by atoms with Crippen molar-refractivity contribution in [2.24, 2.45) is 17.8 Å². The minimum atomic E-state index is -0.447. The molecule has 2 amide bonds. The molecule has 4 bridgehead atoms. The van der Waals surface area contributed by atoms with E-state index < -0.39 is 6.29 Å². The van der Waals surface area contributed by atoms with Gasteiger partial charge in [0.2, 0.25) is 0 Å². The fourth-order valence-corrected chi connectivity index (χ4v) is 8.99. The highest BCUT2D eigenvalue weighted by molar-refractivity contribution is 5.75. The zero-order valence-electron chi connectivity index (χ0n) is 24.8. The highest BCUT2D eigenvalue weighted by Crippen LogP contribution is 2.55. The fraction of sp³-hybridized carbons (Fsp3) is 0.629. The van der Waals surface area contributed by atoms with Gasteiger partial charge in [0.1, 0.15) is 0 Å². The number of carbonyl (C=O) groups is 1. The monoisotopic (exact) mass is 573 g/mol. The van der Waals surface area contributed by atoms with E-state index in [4.69, 9.17) is 9.47 Å². The third-order valence-electron chi connectivity index (χ3n) is 10.6. The number of amides is 2. The molecule has 0 aromatic heterocycles. The van der Waals surface area contributed by atoms with Crippen LogP contribution in [0.4, 0.5) is 4.79 Å². The van der Waals surface area contributed by atoms with Crippen LogP contribution in [-0.2, 0) is 22.6 Å². The van der Waals surface area contributed by atoms with Crippen molar-refractivity contribution in [1.82, 2.24) is 15.5 Å². The first-order valence-electron chi connectivity index (χ1n) is 16.4. The highest BCUT2D eigenvalue weighted by atomic mass is 16.7. The van der Waals surface area contributed by atoms with Gasteiger partial charge >= 0.3 is 6.03 Å². The lowest BCUT2D eigenvalue weighted by Gasteiger charge is -2.56. The first-order chi connectivity index (χ1) is 20.5. The second-order valence-electron chi connectivity index (χ2n) is 14.0. The van der Waals surface area contributed by atoms with Gasteiger partial charge in [-0.2, -0.15) is 0 Å². The molecule has 2 aromatic carbocycles. The number of aliphatic hydroxyl groups excluding tert-OH is 1. The summed E-state index contributed by atoms with van der Waals surface area (Å²) in [4.78, 5) is 15.5. The Hall–Kier alpha value is -2.45. The van der Waals surface area contributed by atoms with Crippen molar-refractivity contribution in [2.75, 3.05) is 19.6 Å². The Labute approximate surface area is 250 Å².